The number of piperidine rings is 1. The Kier molecular flexibility index (Phi) is 7.87. The maximum Gasteiger partial charge on any atom is 0.191 e. The lowest BCUT2D eigenvalue weighted by Crippen LogP contribution is -2.43. The summed E-state index contributed by atoms with van der Waals surface area (Å²) in [6, 6.07) is 1.21. The molecule has 2 unspecified atom stereocenters. The Morgan fingerprint density at radius 3 is 2.79 bits per heavy atom. The summed E-state index contributed by atoms with van der Waals surface area (Å²) in [6.07, 6.45) is 5.20. The molecule has 1 saturated heterocycles. The van der Waals surface area contributed by atoms with Gasteiger partial charge in [0, 0.05) is 25.2 Å². The molecule has 0 radical (unpaired) electrons. The maximum atomic E-state index is 4.68. The van der Waals surface area contributed by atoms with Gasteiger partial charge in [-0.2, -0.15) is 0 Å². The first-order chi connectivity index (χ1) is 9.17. The van der Waals surface area contributed by atoms with Crippen molar-refractivity contribution in [3.63, 3.8) is 0 Å². The molecule has 1 heterocycles. The molecule has 1 fully saturated rings. The van der Waals surface area contributed by atoms with Gasteiger partial charge < -0.3 is 10.6 Å². The number of hydrogen-bond donors (Lipinski definition) is 2. The Hall–Kier alpha value is -0.770. The minimum Gasteiger partial charge on any atom is -0.357 e. The number of nitrogens with one attached hydrogen (secondary N) is 2. The van der Waals surface area contributed by atoms with Gasteiger partial charge in [0.05, 0.1) is 6.54 Å². The highest BCUT2D eigenvalue weighted by Gasteiger charge is 2.17. The molecule has 0 spiro atoms. The minimum absolute atomic E-state index is 0.478. The van der Waals surface area contributed by atoms with Gasteiger partial charge >= 0.3 is 0 Å². The highest BCUT2D eigenvalue weighted by atomic mass is 15.2. The first-order valence-corrected chi connectivity index (χ1v) is 7.96. The van der Waals surface area contributed by atoms with Crippen molar-refractivity contribution >= 4 is 5.96 Å². The molecule has 1 aliphatic heterocycles. The lowest BCUT2D eigenvalue weighted by Gasteiger charge is -2.32. The Bertz CT molecular complexity index is 265. The van der Waals surface area contributed by atoms with Crippen LogP contribution in [0.25, 0.3) is 0 Å². The molecule has 4 heteroatoms. The SMILES string of the molecule is CCNC(=NCCN1CCCCC1C)NC(C)CC. The van der Waals surface area contributed by atoms with Gasteiger partial charge in [-0.25, -0.2) is 0 Å². The van der Waals surface area contributed by atoms with Crippen LogP contribution >= 0.6 is 0 Å². The van der Waals surface area contributed by atoms with Gasteiger partial charge in [0.2, 0.25) is 0 Å². The van der Waals surface area contributed by atoms with Crippen LogP contribution in [0.4, 0.5) is 0 Å². The molecule has 0 saturated carbocycles. The summed E-state index contributed by atoms with van der Waals surface area (Å²) in [4.78, 5) is 7.25. The van der Waals surface area contributed by atoms with Crippen LogP contribution in [0.1, 0.15) is 53.4 Å². The van der Waals surface area contributed by atoms with E-state index in [2.05, 4.69) is 48.2 Å². The van der Waals surface area contributed by atoms with Crippen molar-refractivity contribution in [1.82, 2.24) is 15.5 Å². The molecule has 19 heavy (non-hydrogen) atoms. The van der Waals surface area contributed by atoms with Crippen molar-refractivity contribution < 1.29 is 0 Å². The summed E-state index contributed by atoms with van der Waals surface area (Å²) in [7, 11) is 0. The zero-order chi connectivity index (χ0) is 14.1. The van der Waals surface area contributed by atoms with Crippen LogP contribution in [0.3, 0.4) is 0 Å². The number of nitrogens with zero attached hydrogens (tertiary/aromatic N) is 2. The van der Waals surface area contributed by atoms with Gasteiger partial charge in [-0.05, 0) is 46.6 Å². The Balaban J connectivity index is 2.37. The minimum atomic E-state index is 0.478. The Morgan fingerprint density at radius 2 is 2.16 bits per heavy atom. The van der Waals surface area contributed by atoms with Crippen LogP contribution in [0.5, 0.6) is 0 Å². The second kappa shape index (κ2) is 9.18. The molecule has 1 aliphatic rings. The second-order valence-corrected chi connectivity index (χ2v) is 5.60. The molecule has 0 aromatic rings. The molecule has 1 rings (SSSR count). The van der Waals surface area contributed by atoms with Crippen molar-refractivity contribution in [1.29, 1.82) is 0 Å². The highest BCUT2D eigenvalue weighted by Crippen LogP contribution is 2.15. The van der Waals surface area contributed by atoms with E-state index in [-0.39, 0.29) is 0 Å². The summed E-state index contributed by atoms with van der Waals surface area (Å²) in [5.41, 5.74) is 0. The maximum absolute atomic E-state index is 4.68. The van der Waals surface area contributed by atoms with E-state index in [1.54, 1.807) is 0 Å². The van der Waals surface area contributed by atoms with E-state index in [9.17, 15) is 0 Å². The predicted octanol–water partition coefficient (Wildman–Crippen LogP) is 2.21. The lowest BCUT2D eigenvalue weighted by atomic mass is 10.0. The predicted molar refractivity (Wildman–Crippen MR) is 83.8 cm³/mol. The van der Waals surface area contributed by atoms with Crippen molar-refractivity contribution in [2.75, 3.05) is 26.2 Å². The standard InChI is InChI=1S/C15H32N4/c1-5-13(3)18-15(16-6-2)17-10-12-19-11-8-7-9-14(19)4/h13-14H,5-12H2,1-4H3,(H2,16,17,18). The van der Waals surface area contributed by atoms with Crippen LogP contribution < -0.4 is 10.6 Å². The monoisotopic (exact) mass is 268 g/mol. The summed E-state index contributed by atoms with van der Waals surface area (Å²) >= 11 is 0. The van der Waals surface area contributed by atoms with Crippen molar-refractivity contribution in [2.24, 2.45) is 4.99 Å². The number of hydrogen-bond acceptors (Lipinski definition) is 2. The average Bonchev–Trinajstić information content (AvgIpc) is 2.41. The van der Waals surface area contributed by atoms with E-state index >= 15 is 0 Å². The number of rotatable bonds is 6. The van der Waals surface area contributed by atoms with E-state index < -0.39 is 0 Å². The molecule has 0 amide bonds. The van der Waals surface area contributed by atoms with Crippen molar-refractivity contribution in [3.8, 4) is 0 Å². The van der Waals surface area contributed by atoms with Gasteiger partial charge in [-0.1, -0.05) is 13.3 Å². The fourth-order valence-corrected chi connectivity index (χ4v) is 2.44. The zero-order valence-corrected chi connectivity index (χ0v) is 13.2. The number of aliphatic imine (C=N–C) groups is 1. The van der Waals surface area contributed by atoms with E-state index in [4.69, 9.17) is 0 Å². The smallest absolute Gasteiger partial charge is 0.191 e. The third-order valence-corrected chi connectivity index (χ3v) is 3.94. The molecular weight excluding hydrogens is 236 g/mol. The molecule has 0 aromatic carbocycles. The van der Waals surface area contributed by atoms with Crippen molar-refractivity contribution in [3.05, 3.63) is 0 Å². The van der Waals surface area contributed by atoms with Crippen LogP contribution in [0.15, 0.2) is 4.99 Å². The summed E-state index contributed by atoms with van der Waals surface area (Å²) < 4.78 is 0. The van der Waals surface area contributed by atoms with E-state index in [1.807, 2.05) is 0 Å². The van der Waals surface area contributed by atoms with E-state index in [0.29, 0.717) is 6.04 Å². The molecular formula is C15H32N4. The molecule has 0 bridgehead atoms. The van der Waals surface area contributed by atoms with E-state index in [0.717, 1.165) is 38.1 Å². The molecule has 0 aromatic heterocycles. The summed E-state index contributed by atoms with van der Waals surface area (Å²) in [5.74, 6) is 0.960. The molecule has 4 nitrogen and oxygen atoms in total. The Morgan fingerprint density at radius 1 is 1.37 bits per heavy atom. The first-order valence-electron chi connectivity index (χ1n) is 7.96. The lowest BCUT2D eigenvalue weighted by molar-refractivity contribution is 0.166. The number of guanidine groups is 1. The average molecular weight is 268 g/mol. The van der Waals surface area contributed by atoms with E-state index in [1.165, 1.54) is 25.8 Å². The number of likely N-dealkylation sites (tertiary alicyclic amines) is 1. The highest BCUT2D eigenvalue weighted by molar-refractivity contribution is 5.80. The van der Waals surface area contributed by atoms with Crippen LogP contribution in [-0.4, -0.2) is 49.1 Å². The van der Waals surface area contributed by atoms with Gasteiger partial charge in [0.25, 0.3) is 0 Å². The third-order valence-electron chi connectivity index (χ3n) is 3.94. The first kappa shape index (κ1) is 16.3. The largest absolute Gasteiger partial charge is 0.357 e. The molecule has 112 valence electrons. The summed E-state index contributed by atoms with van der Waals surface area (Å²) in [5, 5.41) is 6.75. The van der Waals surface area contributed by atoms with Gasteiger partial charge in [0.15, 0.2) is 5.96 Å². The topological polar surface area (TPSA) is 39.7 Å². The molecule has 2 atom stereocenters. The van der Waals surface area contributed by atoms with Gasteiger partial charge in [0.1, 0.15) is 0 Å². The summed E-state index contributed by atoms with van der Waals surface area (Å²) in [6.45, 7) is 13.0. The molecule has 0 aliphatic carbocycles. The second-order valence-electron chi connectivity index (χ2n) is 5.60. The van der Waals surface area contributed by atoms with Crippen LogP contribution in [-0.2, 0) is 0 Å². The quantitative estimate of drug-likeness (QED) is 0.573. The van der Waals surface area contributed by atoms with Gasteiger partial charge in [-0.15, -0.1) is 0 Å². The van der Waals surface area contributed by atoms with Crippen molar-refractivity contribution in [2.45, 2.75) is 65.5 Å². The van der Waals surface area contributed by atoms with Crippen LogP contribution in [0.2, 0.25) is 0 Å². The fourth-order valence-electron chi connectivity index (χ4n) is 2.44. The normalized spacial score (nSPS) is 23.2. The van der Waals surface area contributed by atoms with Crippen LogP contribution in [0, 0.1) is 0 Å². The van der Waals surface area contributed by atoms with Gasteiger partial charge in [-0.3, -0.25) is 9.89 Å². The third kappa shape index (κ3) is 6.28. The fraction of sp³-hybridized carbons (Fsp3) is 0.933. The zero-order valence-electron chi connectivity index (χ0n) is 13.2. The molecule has 2 N–H and O–H groups in total. The Labute approximate surface area is 119 Å².